The topological polar surface area (TPSA) is 26.3 Å². The quantitative estimate of drug-likeness (QED) is 0.448. The number of carbonyl (C=O) groups excluding carboxylic acids is 1. The molecule has 0 saturated carbocycles. The van der Waals surface area contributed by atoms with E-state index in [1.807, 2.05) is 6.92 Å². The molecule has 0 spiro atoms. The molecule has 0 bridgehead atoms. The van der Waals surface area contributed by atoms with Crippen molar-refractivity contribution in [2.45, 2.75) is 19.8 Å². The summed E-state index contributed by atoms with van der Waals surface area (Å²) in [4.78, 5) is 10.4. The van der Waals surface area contributed by atoms with Crippen LogP contribution >= 0.6 is 0 Å². The summed E-state index contributed by atoms with van der Waals surface area (Å²) in [6.45, 7) is 1.90. The monoisotopic (exact) mass is 146 g/mol. The van der Waals surface area contributed by atoms with Crippen LogP contribution in [0.25, 0.3) is 0 Å². The highest BCUT2D eigenvalue weighted by atomic mass is 19.1. The molecule has 0 atom stereocenters. The Morgan fingerprint density at radius 3 is 2.70 bits per heavy atom. The van der Waals surface area contributed by atoms with Crippen LogP contribution in [0.3, 0.4) is 0 Å². The predicted octanol–water partition coefficient (Wildman–Crippen LogP) is 1.81. The number of allylic oxidation sites excluding steroid dienone is 1. The molecule has 58 valence electrons. The summed E-state index contributed by atoms with van der Waals surface area (Å²) >= 11 is 0. The summed E-state index contributed by atoms with van der Waals surface area (Å²) in [6, 6.07) is 0. The maximum absolute atomic E-state index is 12.4. The van der Waals surface area contributed by atoms with Crippen LogP contribution in [0.15, 0.2) is 11.9 Å². The van der Waals surface area contributed by atoms with Crippen LogP contribution in [0, 0.1) is 0 Å². The molecule has 0 rings (SSSR count). The van der Waals surface area contributed by atoms with E-state index in [1.165, 1.54) is 6.08 Å². The number of unbranched alkanes of at least 4 members (excludes halogenated alkanes) is 1. The number of hydrogen-bond acceptors (Lipinski definition) is 2. The molecule has 0 radical (unpaired) electrons. The first-order chi connectivity index (χ1) is 4.72. The van der Waals surface area contributed by atoms with Crippen LogP contribution < -0.4 is 0 Å². The normalized spacial score (nSPS) is 11.3. The molecule has 0 aromatic carbocycles. The molecule has 0 aromatic heterocycles. The van der Waals surface area contributed by atoms with Gasteiger partial charge in [-0.05, 0) is 12.5 Å². The van der Waals surface area contributed by atoms with Crippen molar-refractivity contribution in [1.29, 1.82) is 0 Å². The van der Waals surface area contributed by atoms with E-state index in [0.29, 0.717) is 6.42 Å². The van der Waals surface area contributed by atoms with Gasteiger partial charge >= 0.3 is 5.97 Å². The summed E-state index contributed by atoms with van der Waals surface area (Å²) < 4.78 is 16.5. The van der Waals surface area contributed by atoms with Gasteiger partial charge in [0.25, 0.3) is 0 Å². The Kier molecular flexibility index (Phi) is 4.54. The van der Waals surface area contributed by atoms with Gasteiger partial charge in [-0.1, -0.05) is 13.3 Å². The van der Waals surface area contributed by atoms with E-state index >= 15 is 0 Å². The molecule has 2 nitrogen and oxygen atoms in total. The second-order valence-electron chi connectivity index (χ2n) is 1.83. The van der Waals surface area contributed by atoms with Gasteiger partial charge in [-0.15, -0.1) is 0 Å². The van der Waals surface area contributed by atoms with E-state index in [1.54, 1.807) is 0 Å². The number of methoxy groups -OCH3 is 1. The van der Waals surface area contributed by atoms with Gasteiger partial charge < -0.3 is 4.74 Å². The third-order valence-corrected chi connectivity index (χ3v) is 0.993. The van der Waals surface area contributed by atoms with Gasteiger partial charge in [0.15, 0.2) is 0 Å². The Balaban J connectivity index is 3.80. The fourth-order valence-corrected chi connectivity index (χ4v) is 0.452. The molecule has 0 heterocycles. The lowest BCUT2D eigenvalue weighted by Crippen LogP contribution is -1.99. The average molecular weight is 146 g/mol. The summed E-state index contributed by atoms with van der Waals surface area (Å²) in [5.74, 6) is -1.70. The van der Waals surface area contributed by atoms with Gasteiger partial charge in [-0.2, -0.15) is 4.39 Å². The minimum absolute atomic E-state index is 0.570. The number of halogens is 1. The van der Waals surface area contributed by atoms with Gasteiger partial charge in [-0.3, -0.25) is 0 Å². The third-order valence-electron chi connectivity index (χ3n) is 0.993. The van der Waals surface area contributed by atoms with Gasteiger partial charge in [-0.25, -0.2) is 4.79 Å². The first-order valence-corrected chi connectivity index (χ1v) is 3.16. The number of esters is 1. The van der Waals surface area contributed by atoms with E-state index in [2.05, 4.69) is 4.74 Å². The molecule has 0 unspecified atom stereocenters. The van der Waals surface area contributed by atoms with Gasteiger partial charge in [0.1, 0.15) is 0 Å². The summed E-state index contributed by atoms with van der Waals surface area (Å²) in [5.41, 5.74) is 0. The average Bonchev–Trinajstić information content (AvgIpc) is 1.98. The zero-order valence-electron chi connectivity index (χ0n) is 6.19. The number of carbonyl (C=O) groups is 1. The second-order valence-corrected chi connectivity index (χ2v) is 1.83. The highest BCUT2D eigenvalue weighted by molar-refractivity contribution is 5.85. The summed E-state index contributed by atoms with van der Waals surface area (Å²) in [6.07, 6.45) is 2.62. The molecular weight excluding hydrogens is 135 g/mol. The standard InChI is InChI=1S/C7H11FO2/c1-3-4-5-6(8)7(9)10-2/h5H,3-4H2,1-2H3. The van der Waals surface area contributed by atoms with Crippen LogP contribution in [0.5, 0.6) is 0 Å². The van der Waals surface area contributed by atoms with Gasteiger partial charge in [0.05, 0.1) is 7.11 Å². The summed E-state index contributed by atoms with van der Waals surface area (Å²) in [5, 5.41) is 0. The fourth-order valence-electron chi connectivity index (χ4n) is 0.452. The van der Waals surface area contributed by atoms with Crippen molar-refractivity contribution in [2.24, 2.45) is 0 Å². The SMILES string of the molecule is CCCC=C(F)C(=O)OC. The maximum Gasteiger partial charge on any atom is 0.366 e. The first-order valence-electron chi connectivity index (χ1n) is 3.16. The van der Waals surface area contributed by atoms with Crippen LogP contribution in [0.2, 0.25) is 0 Å². The Morgan fingerprint density at radius 2 is 2.30 bits per heavy atom. The van der Waals surface area contributed by atoms with Crippen molar-refractivity contribution >= 4 is 5.97 Å². The summed E-state index contributed by atoms with van der Waals surface area (Å²) in [7, 11) is 1.15. The Hall–Kier alpha value is -0.860. The van der Waals surface area contributed by atoms with Crippen LogP contribution in [-0.2, 0) is 9.53 Å². The van der Waals surface area contributed by atoms with E-state index in [4.69, 9.17) is 0 Å². The van der Waals surface area contributed by atoms with E-state index < -0.39 is 11.8 Å². The van der Waals surface area contributed by atoms with Crippen molar-refractivity contribution in [2.75, 3.05) is 7.11 Å². The van der Waals surface area contributed by atoms with Gasteiger partial charge in [0.2, 0.25) is 5.83 Å². The molecule has 0 aliphatic carbocycles. The molecule has 0 aromatic rings. The third kappa shape index (κ3) is 3.22. The number of rotatable bonds is 3. The highest BCUT2D eigenvalue weighted by Crippen LogP contribution is 2.01. The molecule has 0 saturated heterocycles. The zero-order valence-corrected chi connectivity index (χ0v) is 6.19. The number of hydrogen-bond donors (Lipinski definition) is 0. The molecule has 0 fully saturated rings. The highest BCUT2D eigenvalue weighted by Gasteiger charge is 2.05. The Labute approximate surface area is 59.7 Å². The fraction of sp³-hybridized carbons (Fsp3) is 0.571. The second kappa shape index (κ2) is 4.97. The van der Waals surface area contributed by atoms with E-state index in [-0.39, 0.29) is 0 Å². The smallest absolute Gasteiger partial charge is 0.366 e. The minimum atomic E-state index is -0.895. The molecule has 3 heteroatoms. The van der Waals surface area contributed by atoms with Crippen molar-refractivity contribution in [1.82, 2.24) is 0 Å². The molecular formula is C7H11FO2. The van der Waals surface area contributed by atoms with Crippen LogP contribution in [-0.4, -0.2) is 13.1 Å². The van der Waals surface area contributed by atoms with Crippen LogP contribution in [0.4, 0.5) is 4.39 Å². The number of ether oxygens (including phenoxy) is 1. The molecule has 10 heavy (non-hydrogen) atoms. The lowest BCUT2D eigenvalue weighted by molar-refractivity contribution is -0.137. The van der Waals surface area contributed by atoms with Crippen molar-refractivity contribution in [3.05, 3.63) is 11.9 Å². The first kappa shape index (κ1) is 9.14. The largest absolute Gasteiger partial charge is 0.464 e. The van der Waals surface area contributed by atoms with Gasteiger partial charge in [0, 0.05) is 0 Å². The molecule has 0 aliphatic heterocycles. The Morgan fingerprint density at radius 1 is 1.70 bits per heavy atom. The minimum Gasteiger partial charge on any atom is -0.464 e. The van der Waals surface area contributed by atoms with Crippen LogP contribution in [0.1, 0.15) is 19.8 Å². The lowest BCUT2D eigenvalue weighted by atomic mass is 10.3. The molecule has 0 aliphatic rings. The molecule has 0 N–H and O–H groups in total. The zero-order chi connectivity index (χ0) is 7.98. The lowest BCUT2D eigenvalue weighted by Gasteiger charge is -1.92. The van der Waals surface area contributed by atoms with E-state index in [0.717, 1.165) is 13.5 Å². The predicted molar refractivity (Wildman–Crippen MR) is 36.1 cm³/mol. The van der Waals surface area contributed by atoms with Crippen molar-refractivity contribution in [3.63, 3.8) is 0 Å². The van der Waals surface area contributed by atoms with Crippen molar-refractivity contribution < 1.29 is 13.9 Å². The van der Waals surface area contributed by atoms with Crippen molar-refractivity contribution in [3.8, 4) is 0 Å². The Bertz CT molecular complexity index is 141. The van der Waals surface area contributed by atoms with E-state index in [9.17, 15) is 9.18 Å². The maximum atomic E-state index is 12.4. The molecule has 0 amide bonds.